The summed E-state index contributed by atoms with van der Waals surface area (Å²) in [5, 5.41) is 8.96. The van der Waals surface area contributed by atoms with E-state index in [9.17, 15) is 9.59 Å². The summed E-state index contributed by atoms with van der Waals surface area (Å²) >= 11 is 0. The molecule has 2 aliphatic rings. The summed E-state index contributed by atoms with van der Waals surface area (Å²) in [5.41, 5.74) is 0. The Hall–Kier alpha value is -1.10. The fourth-order valence-corrected chi connectivity index (χ4v) is 2.82. The Labute approximate surface area is 101 Å². The standard InChI is InChI=1S/C12H20N2O3/c1-2-13-5-3-4-10(8-13)14-7-9(12(16)17)6-11(14)15/h9-10H,2-8H2,1H3,(H,16,17). The van der Waals surface area contributed by atoms with Crippen molar-refractivity contribution in [1.29, 1.82) is 0 Å². The van der Waals surface area contributed by atoms with E-state index < -0.39 is 11.9 Å². The molecule has 2 atom stereocenters. The van der Waals surface area contributed by atoms with Gasteiger partial charge < -0.3 is 14.9 Å². The SMILES string of the molecule is CCN1CCCC(N2CC(C(=O)O)CC2=O)C1. The molecule has 2 unspecified atom stereocenters. The number of aliphatic carboxylic acids is 1. The quantitative estimate of drug-likeness (QED) is 0.776. The average Bonchev–Trinajstić information content (AvgIpc) is 2.72. The Morgan fingerprint density at radius 1 is 1.47 bits per heavy atom. The van der Waals surface area contributed by atoms with Crippen molar-refractivity contribution in [2.24, 2.45) is 5.92 Å². The molecule has 2 fully saturated rings. The van der Waals surface area contributed by atoms with Crippen molar-refractivity contribution in [2.45, 2.75) is 32.2 Å². The minimum absolute atomic E-state index is 0.0142. The maximum atomic E-state index is 11.8. The van der Waals surface area contributed by atoms with Crippen LogP contribution in [0.2, 0.25) is 0 Å². The molecule has 96 valence electrons. The highest BCUT2D eigenvalue weighted by molar-refractivity contribution is 5.86. The lowest BCUT2D eigenvalue weighted by Gasteiger charge is -2.37. The van der Waals surface area contributed by atoms with Crippen LogP contribution < -0.4 is 0 Å². The van der Waals surface area contributed by atoms with Gasteiger partial charge in [-0.1, -0.05) is 6.92 Å². The van der Waals surface area contributed by atoms with Crippen LogP contribution in [-0.4, -0.2) is 59.0 Å². The van der Waals surface area contributed by atoms with Gasteiger partial charge in [0.1, 0.15) is 0 Å². The first-order valence-corrected chi connectivity index (χ1v) is 6.36. The highest BCUT2D eigenvalue weighted by Gasteiger charge is 2.38. The van der Waals surface area contributed by atoms with Gasteiger partial charge in [-0.15, -0.1) is 0 Å². The summed E-state index contributed by atoms with van der Waals surface area (Å²) in [6.07, 6.45) is 2.28. The summed E-state index contributed by atoms with van der Waals surface area (Å²) in [4.78, 5) is 26.9. The van der Waals surface area contributed by atoms with Gasteiger partial charge in [0, 0.05) is 25.6 Å². The fourth-order valence-electron chi connectivity index (χ4n) is 2.82. The van der Waals surface area contributed by atoms with E-state index in [-0.39, 0.29) is 18.4 Å². The Morgan fingerprint density at radius 2 is 2.24 bits per heavy atom. The summed E-state index contributed by atoms with van der Waals surface area (Å²) in [6.45, 7) is 5.51. The third-order valence-electron chi connectivity index (χ3n) is 3.88. The van der Waals surface area contributed by atoms with Crippen LogP contribution in [0, 0.1) is 5.92 Å². The maximum absolute atomic E-state index is 11.8. The van der Waals surface area contributed by atoms with Crippen molar-refractivity contribution in [2.75, 3.05) is 26.2 Å². The number of rotatable bonds is 3. The number of likely N-dealkylation sites (N-methyl/N-ethyl adjacent to an activating group) is 1. The van der Waals surface area contributed by atoms with Gasteiger partial charge in [0.15, 0.2) is 0 Å². The van der Waals surface area contributed by atoms with E-state index in [2.05, 4.69) is 11.8 Å². The van der Waals surface area contributed by atoms with Gasteiger partial charge in [0.05, 0.1) is 5.92 Å². The molecule has 0 aliphatic carbocycles. The smallest absolute Gasteiger partial charge is 0.308 e. The molecule has 2 aliphatic heterocycles. The van der Waals surface area contributed by atoms with Crippen LogP contribution in [0.15, 0.2) is 0 Å². The zero-order valence-corrected chi connectivity index (χ0v) is 10.3. The molecule has 1 amide bonds. The Bertz CT molecular complexity index is 319. The van der Waals surface area contributed by atoms with Gasteiger partial charge in [0.25, 0.3) is 0 Å². The predicted molar refractivity (Wildman–Crippen MR) is 62.6 cm³/mol. The van der Waals surface area contributed by atoms with E-state index in [0.717, 1.165) is 32.5 Å². The number of hydrogen-bond donors (Lipinski definition) is 1. The fraction of sp³-hybridized carbons (Fsp3) is 0.833. The molecule has 0 aromatic heterocycles. The number of likely N-dealkylation sites (tertiary alicyclic amines) is 2. The predicted octanol–water partition coefficient (Wildman–Crippen LogP) is 0.404. The topological polar surface area (TPSA) is 60.9 Å². The molecule has 0 radical (unpaired) electrons. The van der Waals surface area contributed by atoms with Gasteiger partial charge in [-0.2, -0.15) is 0 Å². The number of carbonyl (C=O) groups excluding carboxylic acids is 1. The molecule has 2 heterocycles. The van der Waals surface area contributed by atoms with E-state index >= 15 is 0 Å². The molecule has 0 bridgehead atoms. The lowest BCUT2D eigenvalue weighted by Crippen LogP contribution is -2.48. The van der Waals surface area contributed by atoms with Crippen molar-refractivity contribution < 1.29 is 14.7 Å². The lowest BCUT2D eigenvalue weighted by atomic mass is 10.0. The van der Waals surface area contributed by atoms with Crippen LogP contribution in [0.3, 0.4) is 0 Å². The number of carboxylic acid groups (broad SMARTS) is 1. The van der Waals surface area contributed by atoms with Gasteiger partial charge in [-0.25, -0.2) is 0 Å². The number of hydrogen-bond acceptors (Lipinski definition) is 3. The zero-order valence-electron chi connectivity index (χ0n) is 10.3. The van der Waals surface area contributed by atoms with Crippen LogP contribution in [-0.2, 0) is 9.59 Å². The highest BCUT2D eigenvalue weighted by Crippen LogP contribution is 2.24. The lowest BCUT2D eigenvalue weighted by molar-refractivity contribution is -0.141. The van der Waals surface area contributed by atoms with Crippen molar-refractivity contribution in [1.82, 2.24) is 9.80 Å². The molecular weight excluding hydrogens is 220 g/mol. The maximum Gasteiger partial charge on any atom is 0.308 e. The average molecular weight is 240 g/mol. The summed E-state index contributed by atoms with van der Waals surface area (Å²) < 4.78 is 0. The van der Waals surface area contributed by atoms with Gasteiger partial charge in [0.2, 0.25) is 5.91 Å². The number of amides is 1. The first-order chi connectivity index (χ1) is 8.11. The van der Waals surface area contributed by atoms with Crippen molar-refractivity contribution >= 4 is 11.9 Å². The monoisotopic (exact) mass is 240 g/mol. The second kappa shape index (κ2) is 5.04. The van der Waals surface area contributed by atoms with Crippen molar-refractivity contribution in [3.63, 3.8) is 0 Å². The largest absolute Gasteiger partial charge is 0.481 e. The molecule has 0 spiro atoms. The van der Waals surface area contributed by atoms with Crippen molar-refractivity contribution in [3.05, 3.63) is 0 Å². The number of nitrogens with zero attached hydrogens (tertiary/aromatic N) is 2. The van der Waals surface area contributed by atoms with E-state index in [4.69, 9.17) is 5.11 Å². The highest BCUT2D eigenvalue weighted by atomic mass is 16.4. The normalized spacial score (nSPS) is 30.9. The Balaban J connectivity index is 1.98. The summed E-state index contributed by atoms with van der Waals surface area (Å²) in [7, 11) is 0. The molecule has 2 saturated heterocycles. The zero-order chi connectivity index (χ0) is 12.4. The van der Waals surface area contributed by atoms with Crippen LogP contribution >= 0.6 is 0 Å². The van der Waals surface area contributed by atoms with Crippen LogP contribution in [0.1, 0.15) is 26.2 Å². The second-order valence-corrected chi connectivity index (χ2v) is 4.97. The molecule has 0 aromatic rings. The van der Waals surface area contributed by atoms with Crippen molar-refractivity contribution in [3.8, 4) is 0 Å². The molecule has 0 saturated carbocycles. The summed E-state index contributed by atoms with van der Waals surface area (Å²) in [5.74, 6) is -1.33. The Morgan fingerprint density at radius 3 is 2.82 bits per heavy atom. The molecule has 5 heteroatoms. The first kappa shape index (κ1) is 12.4. The van der Waals surface area contributed by atoms with Crippen LogP contribution in [0.5, 0.6) is 0 Å². The molecule has 0 aromatic carbocycles. The van der Waals surface area contributed by atoms with Gasteiger partial charge in [-0.3, -0.25) is 9.59 Å². The van der Waals surface area contributed by atoms with E-state index in [1.165, 1.54) is 0 Å². The molecule has 5 nitrogen and oxygen atoms in total. The van der Waals surface area contributed by atoms with E-state index in [1.54, 1.807) is 4.90 Å². The minimum Gasteiger partial charge on any atom is -0.481 e. The van der Waals surface area contributed by atoms with E-state index in [0.29, 0.717) is 6.54 Å². The third kappa shape index (κ3) is 2.60. The minimum atomic E-state index is -0.844. The molecule has 1 N–H and O–H groups in total. The summed E-state index contributed by atoms with van der Waals surface area (Å²) in [6, 6.07) is 0.223. The van der Waals surface area contributed by atoms with E-state index in [1.807, 2.05) is 0 Å². The number of carboxylic acids is 1. The molecule has 17 heavy (non-hydrogen) atoms. The number of piperidine rings is 1. The third-order valence-corrected chi connectivity index (χ3v) is 3.88. The number of carbonyl (C=O) groups is 2. The second-order valence-electron chi connectivity index (χ2n) is 4.97. The van der Waals surface area contributed by atoms with Gasteiger partial charge in [-0.05, 0) is 25.9 Å². The molecule has 2 rings (SSSR count). The van der Waals surface area contributed by atoms with Gasteiger partial charge >= 0.3 is 5.97 Å². The van der Waals surface area contributed by atoms with Crippen LogP contribution in [0.25, 0.3) is 0 Å². The first-order valence-electron chi connectivity index (χ1n) is 6.36. The van der Waals surface area contributed by atoms with Crippen LogP contribution in [0.4, 0.5) is 0 Å². The molecular formula is C12H20N2O3. The Kier molecular flexibility index (Phi) is 3.66.